The van der Waals surface area contributed by atoms with Crippen LogP contribution in [0, 0.1) is 0 Å². The number of carboxylic acids is 1. The van der Waals surface area contributed by atoms with Crippen molar-refractivity contribution in [2.45, 2.75) is 44.2 Å². The number of carbonyl (C=O) groups is 1. The number of likely N-dealkylation sites (N-methyl/N-ethyl adjacent to an activating group) is 1. The molecular weight excluding hydrogens is 266 g/mol. The number of hydrogen-bond acceptors (Lipinski definition) is 3. The minimum absolute atomic E-state index is 0.304. The first-order valence-electron chi connectivity index (χ1n) is 7.67. The van der Waals surface area contributed by atoms with Crippen LogP contribution in [0.1, 0.15) is 41.6 Å². The largest absolute Gasteiger partial charge is 0.478 e. The summed E-state index contributed by atoms with van der Waals surface area (Å²) < 4.78 is 5.60. The number of aromatic carboxylic acids is 1. The predicted octanol–water partition coefficient (Wildman–Crippen LogP) is 2.82. The molecule has 0 aliphatic heterocycles. The maximum atomic E-state index is 11.2. The molecular formula is C17H25NO3. The summed E-state index contributed by atoms with van der Waals surface area (Å²) in [7, 11) is 3.90. The smallest absolute Gasteiger partial charge is 0.335 e. The third-order valence-electron chi connectivity index (χ3n) is 4.52. The van der Waals surface area contributed by atoms with Crippen molar-refractivity contribution in [1.29, 1.82) is 0 Å². The van der Waals surface area contributed by atoms with Gasteiger partial charge in [-0.05, 0) is 37.9 Å². The van der Waals surface area contributed by atoms with Crippen molar-refractivity contribution < 1.29 is 14.6 Å². The fraction of sp³-hybridized carbons (Fsp3) is 0.588. The van der Waals surface area contributed by atoms with Crippen LogP contribution in [0.2, 0.25) is 0 Å². The fourth-order valence-corrected chi connectivity index (χ4v) is 3.27. The second-order valence-corrected chi connectivity index (χ2v) is 5.82. The number of ether oxygens (including phenoxy) is 1. The molecule has 1 aliphatic carbocycles. The van der Waals surface area contributed by atoms with E-state index in [9.17, 15) is 9.90 Å². The highest BCUT2D eigenvalue weighted by molar-refractivity contribution is 5.89. The van der Waals surface area contributed by atoms with Gasteiger partial charge >= 0.3 is 5.97 Å². The number of benzene rings is 1. The Bertz CT molecular complexity index is 475. The van der Waals surface area contributed by atoms with Gasteiger partial charge in [-0.1, -0.05) is 31.0 Å². The van der Waals surface area contributed by atoms with Crippen molar-refractivity contribution in [3.8, 4) is 0 Å². The van der Waals surface area contributed by atoms with Crippen molar-refractivity contribution in [2.75, 3.05) is 20.7 Å². The van der Waals surface area contributed by atoms with Gasteiger partial charge < -0.3 is 14.7 Å². The van der Waals surface area contributed by atoms with Crippen molar-refractivity contribution in [2.24, 2.45) is 0 Å². The third-order valence-corrected chi connectivity index (χ3v) is 4.52. The molecule has 1 N–H and O–H groups in total. The average molecular weight is 291 g/mol. The third kappa shape index (κ3) is 4.05. The first kappa shape index (κ1) is 16.0. The number of carboxylic acid groups (broad SMARTS) is 1. The Morgan fingerprint density at radius 2 is 2.05 bits per heavy atom. The molecule has 2 atom stereocenters. The van der Waals surface area contributed by atoms with Gasteiger partial charge in [-0.2, -0.15) is 0 Å². The summed E-state index contributed by atoms with van der Waals surface area (Å²) in [5.41, 5.74) is 1.32. The van der Waals surface area contributed by atoms with Crippen LogP contribution in [-0.2, 0) is 11.2 Å². The van der Waals surface area contributed by atoms with E-state index in [-0.39, 0.29) is 0 Å². The van der Waals surface area contributed by atoms with E-state index in [0.717, 1.165) is 31.4 Å². The van der Waals surface area contributed by atoms with Crippen molar-refractivity contribution in [3.05, 3.63) is 35.4 Å². The van der Waals surface area contributed by atoms with E-state index in [1.165, 1.54) is 12.8 Å². The Balaban J connectivity index is 1.97. The highest BCUT2D eigenvalue weighted by Crippen LogP contribution is 2.24. The van der Waals surface area contributed by atoms with E-state index in [0.29, 0.717) is 17.7 Å². The first-order valence-corrected chi connectivity index (χ1v) is 7.67. The lowest BCUT2D eigenvalue weighted by Gasteiger charge is -2.37. The van der Waals surface area contributed by atoms with Gasteiger partial charge in [-0.25, -0.2) is 4.79 Å². The van der Waals surface area contributed by atoms with Crippen LogP contribution in [0.25, 0.3) is 0 Å². The van der Waals surface area contributed by atoms with Gasteiger partial charge in [0.05, 0.1) is 11.7 Å². The molecule has 0 spiro atoms. The quantitative estimate of drug-likeness (QED) is 0.875. The Morgan fingerprint density at radius 3 is 2.76 bits per heavy atom. The van der Waals surface area contributed by atoms with Crippen molar-refractivity contribution in [1.82, 2.24) is 4.90 Å². The lowest BCUT2D eigenvalue weighted by Crippen LogP contribution is -2.45. The molecule has 0 amide bonds. The Labute approximate surface area is 126 Å². The van der Waals surface area contributed by atoms with Crippen molar-refractivity contribution >= 4 is 5.97 Å². The molecule has 2 rings (SSSR count). The zero-order valence-electron chi connectivity index (χ0n) is 12.9. The zero-order chi connectivity index (χ0) is 15.2. The first-order chi connectivity index (χ1) is 10.1. The monoisotopic (exact) mass is 291 g/mol. The van der Waals surface area contributed by atoms with Crippen LogP contribution < -0.4 is 0 Å². The molecule has 0 heterocycles. The van der Waals surface area contributed by atoms with Gasteiger partial charge in [0, 0.05) is 19.7 Å². The van der Waals surface area contributed by atoms with Gasteiger partial charge in [0.1, 0.15) is 0 Å². The maximum Gasteiger partial charge on any atom is 0.335 e. The number of methoxy groups -OCH3 is 1. The molecule has 0 bridgehead atoms. The number of rotatable bonds is 6. The topological polar surface area (TPSA) is 49.8 Å². The van der Waals surface area contributed by atoms with E-state index >= 15 is 0 Å². The fourth-order valence-electron chi connectivity index (χ4n) is 3.27. The molecule has 116 valence electrons. The van der Waals surface area contributed by atoms with Gasteiger partial charge in [0.25, 0.3) is 0 Å². The van der Waals surface area contributed by atoms with Gasteiger partial charge in [-0.15, -0.1) is 0 Å². The standard InChI is InChI=1S/C17H25NO3/c1-18(15-9-5-6-10-16(15)21-2)12-11-13-7-3-4-8-14(13)17(19)20/h3-4,7-8,15-16H,5-6,9-12H2,1-2H3,(H,19,20). The van der Waals surface area contributed by atoms with Crippen LogP contribution in [0.15, 0.2) is 24.3 Å². The van der Waals surface area contributed by atoms with Crippen LogP contribution in [0.5, 0.6) is 0 Å². The minimum atomic E-state index is -0.847. The molecule has 1 aromatic carbocycles. The van der Waals surface area contributed by atoms with Crippen molar-refractivity contribution in [3.63, 3.8) is 0 Å². The molecule has 4 nitrogen and oxygen atoms in total. The van der Waals surface area contributed by atoms with Crippen LogP contribution in [-0.4, -0.2) is 48.8 Å². The van der Waals surface area contributed by atoms with E-state index in [1.807, 2.05) is 12.1 Å². The highest BCUT2D eigenvalue weighted by atomic mass is 16.5. The van der Waals surface area contributed by atoms with E-state index in [4.69, 9.17) is 4.74 Å². The molecule has 1 aromatic rings. The highest BCUT2D eigenvalue weighted by Gasteiger charge is 2.28. The summed E-state index contributed by atoms with van der Waals surface area (Å²) in [6, 6.07) is 7.71. The molecule has 1 saturated carbocycles. The number of hydrogen-bond donors (Lipinski definition) is 1. The summed E-state index contributed by atoms with van der Waals surface area (Å²) in [5.74, 6) is -0.847. The minimum Gasteiger partial charge on any atom is -0.478 e. The molecule has 4 heteroatoms. The lowest BCUT2D eigenvalue weighted by molar-refractivity contribution is -0.00152. The van der Waals surface area contributed by atoms with E-state index in [2.05, 4.69) is 11.9 Å². The molecule has 21 heavy (non-hydrogen) atoms. The zero-order valence-corrected chi connectivity index (χ0v) is 12.9. The summed E-state index contributed by atoms with van der Waals surface area (Å²) in [4.78, 5) is 13.6. The maximum absolute atomic E-state index is 11.2. The summed E-state index contributed by atoms with van der Waals surface area (Å²) in [5, 5.41) is 9.23. The lowest BCUT2D eigenvalue weighted by atomic mass is 9.91. The Hall–Kier alpha value is -1.39. The predicted molar refractivity (Wildman–Crippen MR) is 82.8 cm³/mol. The average Bonchev–Trinajstić information content (AvgIpc) is 2.52. The normalized spacial score (nSPS) is 22.4. The van der Waals surface area contributed by atoms with Crippen LogP contribution >= 0.6 is 0 Å². The molecule has 0 aromatic heterocycles. The van der Waals surface area contributed by atoms with E-state index in [1.54, 1.807) is 19.2 Å². The summed E-state index contributed by atoms with van der Waals surface area (Å²) >= 11 is 0. The molecule has 1 aliphatic rings. The SMILES string of the molecule is COC1CCCCC1N(C)CCc1ccccc1C(=O)O. The summed E-state index contributed by atoms with van der Waals surface area (Å²) in [6.07, 6.45) is 5.84. The van der Waals surface area contributed by atoms with Gasteiger partial charge in [0.15, 0.2) is 0 Å². The second-order valence-electron chi connectivity index (χ2n) is 5.82. The van der Waals surface area contributed by atoms with Gasteiger partial charge in [0.2, 0.25) is 0 Å². The summed E-state index contributed by atoms with van der Waals surface area (Å²) in [6.45, 7) is 0.856. The molecule has 0 radical (unpaired) electrons. The second kappa shape index (κ2) is 7.57. The molecule has 1 fully saturated rings. The van der Waals surface area contributed by atoms with Gasteiger partial charge in [-0.3, -0.25) is 0 Å². The molecule has 2 unspecified atom stereocenters. The number of nitrogens with zero attached hydrogens (tertiary/aromatic N) is 1. The van der Waals surface area contributed by atoms with Crippen LogP contribution in [0.3, 0.4) is 0 Å². The Kier molecular flexibility index (Phi) is 5.76. The van der Waals surface area contributed by atoms with Crippen LogP contribution in [0.4, 0.5) is 0 Å². The Morgan fingerprint density at radius 1 is 1.33 bits per heavy atom. The van der Waals surface area contributed by atoms with E-state index < -0.39 is 5.97 Å². The molecule has 0 saturated heterocycles.